The monoisotopic (exact) mass is 402 g/mol. The molecule has 2 aromatic rings. The quantitative estimate of drug-likeness (QED) is 0.799. The minimum Gasteiger partial charge on any atom is -0.493 e. The van der Waals surface area contributed by atoms with Gasteiger partial charge < -0.3 is 28.8 Å². The van der Waals surface area contributed by atoms with Crippen LogP contribution in [0.3, 0.4) is 0 Å². The Morgan fingerprint density at radius 2 is 1.69 bits per heavy atom. The summed E-state index contributed by atoms with van der Waals surface area (Å²) in [5, 5.41) is 2.99. The Bertz CT molecular complexity index is 858. The molecule has 0 aliphatic carbocycles. The maximum Gasteiger partial charge on any atom is 0.287 e. The van der Waals surface area contributed by atoms with Gasteiger partial charge in [-0.25, -0.2) is 0 Å². The molecule has 1 aromatic heterocycles. The maximum absolute atomic E-state index is 13.0. The lowest BCUT2D eigenvalue weighted by atomic mass is 10.0. The highest BCUT2D eigenvalue weighted by molar-refractivity contribution is 5.96. The second kappa shape index (κ2) is 8.89. The van der Waals surface area contributed by atoms with Crippen molar-refractivity contribution in [3.05, 3.63) is 41.3 Å². The first-order valence-electron chi connectivity index (χ1n) is 9.42. The molecule has 0 radical (unpaired) electrons. The van der Waals surface area contributed by atoms with E-state index in [-0.39, 0.29) is 17.9 Å². The van der Waals surface area contributed by atoms with Gasteiger partial charge in [0.25, 0.3) is 11.8 Å². The number of aryl methyl sites for hydroxylation is 1. The molecule has 0 saturated carbocycles. The third-order valence-corrected chi connectivity index (χ3v) is 5.10. The van der Waals surface area contributed by atoms with Crippen LogP contribution in [-0.2, 0) is 0 Å². The highest BCUT2D eigenvalue weighted by Crippen LogP contribution is 2.38. The molecule has 8 nitrogen and oxygen atoms in total. The van der Waals surface area contributed by atoms with Crippen LogP contribution in [0.25, 0.3) is 0 Å². The standard InChI is InChI=1S/C21H26N2O6/c1-13-7-10-29-18(13)20(24)22-15-5-8-23(9-6-15)21(25)14-11-16(26-2)19(28-4)17(12-14)27-3/h7,10-12,15H,5-6,8-9H2,1-4H3,(H,22,24). The summed E-state index contributed by atoms with van der Waals surface area (Å²) in [6.45, 7) is 2.91. The summed E-state index contributed by atoms with van der Waals surface area (Å²) in [4.78, 5) is 27.0. The first-order chi connectivity index (χ1) is 14.0. The zero-order valence-electron chi connectivity index (χ0n) is 17.1. The Balaban J connectivity index is 1.64. The molecule has 156 valence electrons. The van der Waals surface area contributed by atoms with Gasteiger partial charge in [-0.1, -0.05) is 0 Å². The zero-order valence-corrected chi connectivity index (χ0v) is 17.1. The van der Waals surface area contributed by atoms with Crippen molar-refractivity contribution in [2.75, 3.05) is 34.4 Å². The SMILES string of the molecule is COc1cc(C(=O)N2CCC(NC(=O)c3occc3C)CC2)cc(OC)c1OC. The number of nitrogens with zero attached hydrogens (tertiary/aromatic N) is 1. The van der Waals surface area contributed by atoms with E-state index in [0.717, 1.165) is 5.56 Å². The predicted octanol–water partition coefficient (Wildman–Crippen LogP) is 2.65. The average molecular weight is 402 g/mol. The summed E-state index contributed by atoms with van der Waals surface area (Å²) >= 11 is 0. The Labute approximate surface area is 169 Å². The van der Waals surface area contributed by atoms with Gasteiger partial charge >= 0.3 is 0 Å². The summed E-state index contributed by atoms with van der Waals surface area (Å²) in [5.41, 5.74) is 1.27. The van der Waals surface area contributed by atoms with E-state index in [9.17, 15) is 9.59 Å². The van der Waals surface area contributed by atoms with Gasteiger partial charge in [-0.2, -0.15) is 0 Å². The minimum absolute atomic E-state index is 0.00371. The number of hydrogen-bond acceptors (Lipinski definition) is 6. The number of ether oxygens (including phenoxy) is 3. The number of methoxy groups -OCH3 is 3. The van der Waals surface area contributed by atoms with Crippen molar-refractivity contribution in [3.8, 4) is 17.2 Å². The van der Waals surface area contributed by atoms with E-state index in [1.165, 1.54) is 27.6 Å². The Kier molecular flexibility index (Phi) is 6.31. The van der Waals surface area contributed by atoms with Crippen LogP contribution in [0.2, 0.25) is 0 Å². The van der Waals surface area contributed by atoms with Crippen LogP contribution in [0.15, 0.2) is 28.9 Å². The van der Waals surface area contributed by atoms with Crippen LogP contribution in [0.4, 0.5) is 0 Å². The van der Waals surface area contributed by atoms with Crippen molar-refractivity contribution in [2.24, 2.45) is 0 Å². The summed E-state index contributed by atoms with van der Waals surface area (Å²) < 4.78 is 21.2. The number of piperidine rings is 1. The van der Waals surface area contributed by atoms with Crippen molar-refractivity contribution in [1.82, 2.24) is 10.2 Å². The fourth-order valence-corrected chi connectivity index (χ4v) is 3.47. The topological polar surface area (TPSA) is 90.2 Å². The van der Waals surface area contributed by atoms with Crippen molar-refractivity contribution < 1.29 is 28.2 Å². The van der Waals surface area contributed by atoms with Crippen molar-refractivity contribution in [3.63, 3.8) is 0 Å². The highest BCUT2D eigenvalue weighted by atomic mass is 16.5. The predicted molar refractivity (Wildman–Crippen MR) is 106 cm³/mol. The van der Waals surface area contributed by atoms with E-state index < -0.39 is 0 Å². The number of carbonyl (C=O) groups is 2. The van der Waals surface area contributed by atoms with E-state index in [4.69, 9.17) is 18.6 Å². The molecule has 1 saturated heterocycles. The van der Waals surface area contributed by atoms with E-state index >= 15 is 0 Å². The van der Waals surface area contributed by atoms with Crippen LogP contribution >= 0.6 is 0 Å². The van der Waals surface area contributed by atoms with Gasteiger partial charge in [-0.3, -0.25) is 9.59 Å². The number of hydrogen-bond donors (Lipinski definition) is 1. The van der Waals surface area contributed by atoms with E-state index in [1.54, 1.807) is 23.1 Å². The van der Waals surface area contributed by atoms with E-state index in [1.807, 2.05) is 6.92 Å². The lowest BCUT2D eigenvalue weighted by Crippen LogP contribution is -2.46. The Morgan fingerprint density at radius 3 is 2.17 bits per heavy atom. The highest BCUT2D eigenvalue weighted by Gasteiger charge is 2.27. The van der Waals surface area contributed by atoms with Gasteiger partial charge in [0.2, 0.25) is 5.75 Å². The number of nitrogens with one attached hydrogen (secondary N) is 1. The molecule has 0 spiro atoms. The van der Waals surface area contributed by atoms with Gasteiger partial charge in [-0.05, 0) is 38.0 Å². The fraction of sp³-hybridized carbons (Fsp3) is 0.429. The smallest absolute Gasteiger partial charge is 0.287 e. The maximum atomic E-state index is 13.0. The molecule has 0 atom stereocenters. The number of amides is 2. The molecular weight excluding hydrogens is 376 g/mol. The normalized spacial score (nSPS) is 14.4. The molecule has 1 aromatic carbocycles. The number of likely N-dealkylation sites (tertiary alicyclic amines) is 1. The fourth-order valence-electron chi connectivity index (χ4n) is 3.47. The second-order valence-electron chi connectivity index (χ2n) is 6.89. The molecule has 1 aliphatic heterocycles. The van der Waals surface area contributed by atoms with Crippen LogP contribution < -0.4 is 19.5 Å². The van der Waals surface area contributed by atoms with Gasteiger partial charge in [0, 0.05) is 30.3 Å². The largest absolute Gasteiger partial charge is 0.493 e. The van der Waals surface area contributed by atoms with Crippen molar-refractivity contribution in [1.29, 1.82) is 0 Å². The minimum atomic E-state index is -0.220. The van der Waals surface area contributed by atoms with Gasteiger partial charge in [0.15, 0.2) is 17.3 Å². The number of rotatable bonds is 6. The molecule has 2 amide bonds. The first-order valence-corrected chi connectivity index (χ1v) is 9.42. The Hall–Kier alpha value is -3.16. The third-order valence-electron chi connectivity index (χ3n) is 5.10. The van der Waals surface area contributed by atoms with E-state index in [2.05, 4.69) is 5.32 Å². The molecule has 1 fully saturated rings. The second-order valence-corrected chi connectivity index (χ2v) is 6.89. The summed E-state index contributed by atoms with van der Waals surface area (Å²) in [6.07, 6.45) is 2.84. The lowest BCUT2D eigenvalue weighted by molar-refractivity contribution is 0.0695. The van der Waals surface area contributed by atoms with Crippen LogP contribution in [0.5, 0.6) is 17.2 Å². The molecule has 3 rings (SSSR count). The molecule has 1 N–H and O–H groups in total. The molecule has 2 heterocycles. The van der Waals surface area contributed by atoms with Gasteiger partial charge in [0.1, 0.15) is 0 Å². The first kappa shape index (κ1) is 20.6. The zero-order chi connectivity index (χ0) is 21.0. The summed E-state index contributed by atoms with van der Waals surface area (Å²) in [7, 11) is 4.55. The van der Waals surface area contributed by atoms with Gasteiger partial charge in [-0.15, -0.1) is 0 Å². The van der Waals surface area contributed by atoms with Crippen molar-refractivity contribution >= 4 is 11.8 Å². The lowest BCUT2D eigenvalue weighted by Gasteiger charge is -2.32. The van der Waals surface area contributed by atoms with Crippen LogP contribution in [0.1, 0.15) is 39.3 Å². The Morgan fingerprint density at radius 1 is 1.07 bits per heavy atom. The number of benzene rings is 1. The van der Waals surface area contributed by atoms with Crippen molar-refractivity contribution in [2.45, 2.75) is 25.8 Å². The van der Waals surface area contributed by atoms with E-state index in [0.29, 0.717) is 54.5 Å². The molecule has 1 aliphatic rings. The van der Waals surface area contributed by atoms with Gasteiger partial charge in [0.05, 0.1) is 27.6 Å². The summed E-state index contributed by atoms with van der Waals surface area (Å²) in [5.74, 6) is 1.32. The summed E-state index contributed by atoms with van der Waals surface area (Å²) in [6, 6.07) is 5.05. The molecule has 0 unspecified atom stereocenters. The third kappa shape index (κ3) is 4.31. The van der Waals surface area contributed by atoms with Crippen LogP contribution in [0, 0.1) is 6.92 Å². The molecule has 8 heteroatoms. The number of carbonyl (C=O) groups excluding carboxylic acids is 2. The molecule has 29 heavy (non-hydrogen) atoms. The van der Waals surface area contributed by atoms with Crippen LogP contribution in [-0.4, -0.2) is 57.2 Å². The average Bonchev–Trinajstić information content (AvgIpc) is 3.18. The molecular formula is C21H26N2O6. The number of furan rings is 1. The molecule has 0 bridgehead atoms.